The molecule has 0 bridgehead atoms. The van der Waals surface area contributed by atoms with Crippen LogP contribution in [0.15, 0.2) is 6.07 Å². The van der Waals surface area contributed by atoms with E-state index >= 15 is 0 Å². The number of nitrogens with zero attached hydrogens (tertiary/aromatic N) is 3. The van der Waals surface area contributed by atoms with E-state index in [-0.39, 0.29) is 0 Å². The van der Waals surface area contributed by atoms with Crippen LogP contribution in [-0.4, -0.2) is 33.8 Å². The second-order valence-electron chi connectivity index (χ2n) is 4.75. The van der Waals surface area contributed by atoms with E-state index in [1.165, 1.54) is 0 Å². The number of anilines is 2. The Morgan fingerprint density at radius 1 is 1.35 bits per heavy atom. The van der Waals surface area contributed by atoms with Crippen LogP contribution in [-0.2, 0) is 6.42 Å². The highest BCUT2D eigenvalue weighted by molar-refractivity contribution is 5.47. The minimum Gasteiger partial charge on any atom is -0.389 e. The van der Waals surface area contributed by atoms with E-state index in [2.05, 4.69) is 9.97 Å². The first-order valence-corrected chi connectivity index (χ1v) is 5.96. The number of nitrogens with two attached hydrogens (primary N) is 1. The normalized spacial score (nSPS) is 11.6. The van der Waals surface area contributed by atoms with Gasteiger partial charge in [-0.25, -0.2) is 9.97 Å². The van der Waals surface area contributed by atoms with E-state index in [0.717, 1.165) is 24.6 Å². The Bertz CT molecular complexity index is 373. The molecule has 0 aliphatic carbocycles. The van der Waals surface area contributed by atoms with Gasteiger partial charge in [0.15, 0.2) is 0 Å². The van der Waals surface area contributed by atoms with Gasteiger partial charge in [-0.3, -0.25) is 0 Å². The van der Waals surface area contributed by atoms with Crippen LogP contribution in [0.2, 0.25) is 0 Å². The van der Waals surface area contributed by atoms with Crippen LogP contribution in [0.3, 0.4) is 0 Å². The average molecular weight is 238 g/mol. The van der Waals surface area contributed by atoms with Gasteiger partial charge >= 0.3 is 0 Å². The predicted molar refractivity (Wildman–Crippen MR) is 70.0 cm³/mol. The van der Waals surface area contributed by atoms with Crippen LogP contribution in [0.5, 0.6) is 0 Å². The lowest BCUT2D eigenvalue weighted by Gasteiger charge is -2.29. The number of hydrogen-bond donors (Lipinski definition) is 2. The maximum Gasteiger partial charge on any atom is 0.134 e. The fraction of sp³-hybridized carbons (Fsp3) is 0.667. The van der Waals surface area contributed by atoms with E-state index < -0.39 is 5.60 Å². The van der Waals surface area contributed by atoms with E-state index in [0.29, 0.717) is 12.4 Å². The fourth-order valence-corrected chi connectivity index (χ4v) is 1.65. The van der Waals surface area contributed by atoms with Crippen molar-refractivity contribution in [2.24, 2.45) is 0 Å². The van der Waals surface area contributed by atoms with Gasteiger partial charge in [0.2, 0.25) is 0 Å². The monoisotopic (exact) mass is 238 g/mol. The molecular weight excluding hydrogens is 216 g/mol. The summed E-state index contributed by atoms with van der Waals surface area (Å²) in [6.45, 7) is 8.86. The zero-order valence-corrected chi connectivity index (χ0v) is 11.1. The molecule has 0 aliphatic heterocycles. The van der Waals surface area contributed by atoms with E-state index in [1.54, 1.807) is 19.9 Å². The molecule has 1 rings (SSSR count). The molecule has 0 spiro atoms. The number of aromatic nitrogens is 2. The topological polar surface area (TPSA) is 75.3 Å². The number of aliphatic hydroxyl groups is 1. The Labute approximate surface area is 103 Å². The van der Waals surface area contributed by atoms with Crippen molar-refractivity contribution in [3.8, 4) is 0 Å². The van der Waals surface area contributed by atoms with Crippen LogP contribution >= 0.6 is 0 Å². The van der Waals surface area contributed by atoms with Gasteiger partial charge < -0.3 is 15.7 Å². The highest BCUT2D eigenvalue weighted by Gasteiger charge is 2.19. The van der Waals surface area contributed by atoms with E-state index in [9.17, 15) is 5.11 Å². The first-order chi connectivity index (χ1) is 7.85. The molecule has 0 aromatic carbocycles. The van der Waals surface area contributed by atoms with Gasteiger partial charge in [-0.15, -0.1) is 0 Å². The standard InChI is InChI=1S/C12H22N4O/c1-5-10-14-9(13)7-11(15-10)16(6-2)8-12(3,4)17/h7,17H,5-6,8H2,1-4H3,(H2,13,14,15). The Morgan fingerprint density at radius 2 is 2.00 bits per heavy atom. The molecule has 0 saturated carbocycles. The molecule has 0 saturated heterocycles. The summed E-state index contributed by atoms with van der Waals surface area (Å²) in [6, 6.07) is 1.74. The minimum atomic E-state index is -0.762. The third kappa shape index (κ3) is 4.19. The van der Waals surface area contributed by atoms with E-state index in [4.69, 9.17) is 5.73 Å². The molecule has 17 heavy (non-hydrogen) atoms. The molecular formula is C12H22N4O. The molecule has 5 nitrogen and oxygen atoms in total. The molecule has 1 aromatic heterocycles. The zero-order chi connectivity index (χ0) is 13.1. The summed E-state index contributed by atoms with van der Waals surface area (Å²) in [6.07, 6.45) is 0.748. The van der Waals surface area contributed by atoms with Crippen molar-refractivity contribution in [2.45, 2.75) is 39.7 Å². The summed E-state index contributed by atoms with van der Waals surface area (Å²) >= 11 is 0. The second-order valence-corrected chi connectivity index (χ2v) is 4.75. The Balaban J connectivity index is 2.99. The summed E-state index contributed by atoms with van der Waals surface area (Å²) in [4.78, 5) is 10.6. The SMILES string of the molecule is CCc1nc(N)cc(N(CC)CC(C)(C)O)n1. The smallest absolute Gasteiger partial charge is 0.134 e. The van der Waals surface area contributed by atoms with Gasteiger partial charge in [-0.05, 0) is 20.8 Å². The van der Waals surface area contributed by atoms with Gasteiger partial charge in [-0.2, -0.15) is 0 Å². The largest absolute Gasteiger partial charge is 0.389 e. The molecule has 0 aliphatic rings. The fourth-order valence-electron chi connectivity index (χ4n) is 1.65. The van der Waals surface area contributed by atoms with Gasteiger partial charge in [-0.1, -0.05) is 6.92 Å². The Kier molecular flexibility index (Phi) is 4.28. The molecule has 0 atom stereocenters. The number of likely N-dealkylation sites (N-methyl/N-ethyl adjacent to an activating group) is 1. The number of nitrogen functional groups attached to an aromatic ring is 1. The molecule has 0 radical (unpaired) electrons. The Morgan fingerprint density at radius 3 is 2.47 bits per heavy atom. The first-order valence-electron chi connectivity index (χ1n) is 5.96. The third-order valence-corrected chi connectivity index (χ3v) is 2.38. The van der Waals surface area contributed by atoms with Crippen molar-refractivity contribution in [1.29, 1.82) is 0 Å². The number of rotatable bonds is 5. The van der Waals surface area contributed by atoms with Crippen molar-refractivity contribution < 1.29 is 5.11 Å². The molecule has 0 unspecified atom stereocenters. The maximum atomic E-state index is 9.86. The summed E-state index contributed by atoms with van der Waals surface area (Å²) in [5, 5.41) is 9.86. The maximum absolute atomic E-state index is 9.86. The molecule has 96 valence electrons. The molecule has 1 heterocycles. The molecule has 3 N–H and O–H groups in total. The minimum absolute atomic E-state index is 0.473. The van der Waals surface area contributed by atoms with Crippen LogP contribution in [0.4, 0.5) is 11.6 Å². The van der Waals surface area contributed by atoms with Gasteiger partial charge in [0.05, 0.1) is 5.60 Å². The van der Waals surface area contributed by atoms with Crippen LogP contribution < -0.4 is 10.6 Å². The summed E-state index contributed by atoms with van der Waals surface area (Å²) in [5.41, 5.74) is 4.99. The number of aryl methyl sites for hydroxylation is 1. The van der Waals surface area contributed by atoms with Gasteiger partial charge in [0.1, 0.15) is 17.5 Å². The lowest BCUT2D eigenvalue weighted by atomic mass is 10.1. The molecule has 0 amide bonds. The predicted octanol–water partition coefficient (Wildman–Crippen LogP) is 1.22. The van der Waals surface area contributed by atoms with Crippen molar-refractivity contribution in [1.82, 2.24) is 9.97 Å². The Hall–Kier alpha value is -1.36. The van der Waals surface area contributed by atoms with Crippen molar-refractivity contribution >= 4 is 11.6 Å². The van der Waals surface area contributed by atoms with Gasteiger partial charge in [0, 0.05) is 25.6 Å². The van der Waals surface area contributed by atoms with Crippen molar-refractivity contribution in [2.75, 3.05) is 23.7 Å². The number of hydrogen-bond acceptors (Lipinski definition) is 5. The first kappa shape index (κ1) is 13.7. The summed E-state index contributed by atoms with van der Waals surface area (Å²) < 4.78 is 0. The third-order valence-electron chi connectivity index (χ3n) is 2.38. The van der Waals surface area contributed by atoms with Crippen molar-refractivity contribution in [3.05, 3.63) is 11.9 Å². The van der Waals surface area contributed by atoms with Gasteiger partial charge in [0.25, 0.3) is 0 Å². The molecule has 1 aromatic rings. The highest BCUT2D eigenvalue weighted by atomic mass is 16.3. The quantitative estimate of drug-likeness (QED) is 0.806. The zero-order valence-electron chi connectivity index (χ0n) is 11.1. The molecule has 5 heteroatoms. The lowest BCUT2D eigenvalue weighted by Crippen LogP contribution is -2.39. The molecule has 0 fully saturated rings. The second kappa shape index (κ2) is 5.31. The lowest BCUT2D eigenvalue weighted by molar-refractivity contribution is 0.0874. The average Bonchev–Trinajstić information content (AvgIpc) is 2.23. The van der Waals surface area contributed by atoms with Crippen LogP contribution in [0.1, 0.15) is 33.5 Å². The van der Waals surface area contributed by atoms with Crippen LogP contribution in [0.25, 0.3) is 0 Å². The van der Waals surface area contributed by atoms with Crippen molar-refractivity contribution in [3.63, 3.8) is 0 Å². The summed E-state index contributed by atoms with van der Waals surface area (Å²) in [5.74, 6) is 1.98. The van der Waals surface area contributed by atoms with E-state index in [1.807, 2.05) is 18.7 Å². The highest BCUT2D eigenvalue weighted by Crippen LogP contribution is 2.17. The summed E-state index contributed by atoms with van der Waals surface area (Å²) in [7, 11) is 0. The van der Waals surface area contributed by atoms with Crippen LogP contribution in [0, 0.1) is 0 Å².